The molecule has 21 rings (SSSR count). The van der Waals surface area contributed by atoms with Gasteiger partial charge in [-0.2, -0.15) is 0 Å². The Morgan fingerprint density at radius 3 is 0.528 bits per heavy atom. The Morgan fingerprint density at radius 2 is 0.382 bits per heavy atom. The van der Waals surface area contributed by atoms with Crippen LogP contribution in [-0.4, -0.2) is 407 Å². The Bertz CT molecular complexity index is 2070. The van der Waals surface area contributed by atoms with E-state index in [0.717, 1.165) is 0 Å². The van der Waals surface area contributed by atoms with Gasteiger partial charge in [-0.1, -0.05) is 0 Å². The molecule has 0 aromatic carbocycles. The summed E-state index contributed by atoms with van der Waals surface area (Å²) in [5.74, 6) is 0. The lowest BCUT2D eigenvalue weighted by Gasteiger charge is -2.50. The van der Waals surface area contributed by atoms with Crippen molar-refractivity contribution in [3.05, 3.63) is 0 Å². The quantitative estimate of drug-likeness (QED) is 0.0682. The SMILES string of the molecule is CC(O)COCC1OC2OC3C(CO)OC(OC4C(CO)OC(OC5C(COCC(C)O)OC(OC6C(CO)OC(OC7C(COCC(C)O)OC(OC8C(CO)OC(OC1C(O)C2O)C(O)C8O)C(O)C7O)C(O)C6O)C(O)C5O)C(O)C4O)C(O)C3O. The molecule has 0 saturated carbocycles. The Kier molecular flexibility index (Phi) is 26.7. The monoisotopic (exact) mass is 1310 g/mol. The first-order valence-electron chi connectivity index (χ1n) is 29.1. The third-order valence-corrected chi connectivity index (χ3v) is 16.2. The molecular weight excluding hydrogens is 1220 g/mol. The summed E-state index contributed by atoms with van der Waals surface area (Å²) >= 11 is 0. The zero-order valence-corrected chi connectivity index (χ0v) is 48.3. The maximum Gasteiger partial charge on any atom is 0.187 e. The molecule has 0 aliphatic carbocycles. The van der Waals surface area contributed by atoms with Crippen LogP contribution in [0, 0.1) is 0 Å². The van der Waals surface area contributed by atoms with Gasteiger partial charge >= 0.3 is 0 Å². The number of ether oxygens (including phenoxy) is 17. The van der Waals surface area contributed by atoms with Crippen LogP contribution in [0.3, 0.4) is 0 Å². The molecule has 21 heterocycles. The van der Waals surface area contributed by atoms with E-state index in [-0.39, 0.29) is 19.8 Å². The lowest BCUT2D eigenvalue weighted by molar-refractivity contribution is -0.397. The summed E-state index contributed by atoms with van der Waals surface area (Å²) in [4.78, 5) is 0. The van der Waals surface area contributed by atoms with Crippen molar-refractivity contribution < 1.29 is 188 Å². The van der Waals surface area contributed by atoms with Crippen molar-refractivity contribution in [1.29, 1.82) is 0 Å². The van der Waals surface area contributed by atoms with E-state index in [9.17, 15) is 107 Å². The standard InChI is InChI=1S/C51H88O38/c1-14(56)8-73-11-21-42-29(64)36(71)50(81-21)85-40-19(6-54)79-48(34(69)27(40)62)89-44-23(13-75-10-16(3)58)82-51(37(72)30(44)65)86-41-20(7-55)78-47(33(68)26(41)61)88-43-22(12-74-9-15(2)57)80-49(35(70)28(43)63)84-39-18(5-53)76-45(31(66)24(39)59)83-38-17(4-52)77-46(87-42)32(67)25(38)60/h14-72H,4-13H2,1-3H3. The molecule has 0 aromatic heterocycles. The van der Waals surface area contributed by atoms with Crippen LogP contribution in [0.5, 0.6) is 0 Å². The number of hydrogen-bond donors (Lipinski definition) is 21. The maximum atomic E-state index is 11.7. The Morgan fingerprint density at radius 1 is 0.236 bits per heavy atom. The predicted octanol–water partition coefficient (Wildman–Crippen LogP) is -14.0. The van der Waals surface area contributed by atoms with Gasteiger partial charge in [-0.15, -0.1) is 0 Å². The van der Waals surface area contributed by atoms with Crippen LogP contribution in [0.25, 0.3) is 0 Å². The van der Waals surface area contributed by atoms with E-state index >= 15 is 0 Å². The summed E-state index contributed by atoms with van der Waals surface area (Å²) in [6, 6.07) is 0. The predicted molar refractivity (Wildman–Crippen MR) is 275 cm³/mol. The molecule has 0 aromatic rings. The molecule has 21 saturated heterocycles. The van der Waals surface area contributed by atoms with Gasteiger partial charge in [-0.05, 0) is 20.8 Å². The van der Waals surface area contributed by atoms with Crippen LogP contribution in [0.4, 0.5) is 0 Å². The normalized spacial score (nSPS) is 50.6. The lowest BCUT2D eigenvalue weighted by atomic mass is 9.95. The third-order valence-electron chi connectivity index (χ3n) is 16.2. The van der Waals surface area contributed by atoms with E-state index < -0.39 is 280 Å². The van der Waals surface area contributed by atoms with Crippen LogP contribution < -0.4 is 0 Å². The fourth-order valence-corrected chi connectivity index (χ4v) is 11.4. The van der Waals surface area contributed by atoms with E-state index in [1.54, 1.807) is 0 Å². The molecule has 38 nitrogen and oxygen atoms in total. The van der Waals surface area contributed by atoms with Crippen molar-refractivity contribution >= 4 is 0 Å². The van der Waals surface area contributed by atoms with Gasteiger partial charge in [-0.25, -0.2) is 0 Å². The van der Waals surface area contributed by atoms with E-state index in [1.807, 2.05) is 0 Å². The second kappa shape index (κ2) is 32.5. The molecule has 21 N–H and O–H groups in total. The van der Waals surface area contributed by atoms with Crippen LogP contribution >= 0.6 is 0 Å². The Balaban J connectivity index is 1.12. The molecule has 21 aliphatic heterocycles. The van der Waals surface area contributed by atoms with Crippen molar-refractivity contribution in [1.82, 2.24) is 0 Å². The van der Waals surface area contributed by atoms with Crippen LogP contribution in [-0.2, 0) is 80.5 Å². The van der Waals surface area contributed by atoms with Crippen molar-refractivity contribution in [2.75, 3.05) is 66.1 Å². The topological polar surface area (TPSA) is 582 Å². The summed E-state index contributed by atoms with van der Waals surface area (Å²) in [7, 11) is 0. The summed E-state index contributed by atoms with van der Waals surface area (Å²) < 4.78 is 99.1. The number of hydrogen-bond acceptors (Lipinski definition) is 38. The molecule has 38 atom stereocenters. The van der Waals surface area contributed by atoms with E-state index in [2.05, 4.69) is 0 Å². The third kappa shape index (κ3) is 16.7. The molecule has 0 radical (unpaired) electrons. The maximum absolute atomic E-state index is 11.7. The van der Waals surface area contributed by atoms with Gasteiger partial charge in [0.1, 0.15) is 171 Å². The fraction of sp³-hybridized carbons (Fsp3) is 1.00. The Hall–Kier alpha value is -1.52. The first-order valence-corrected chi connectivity index (χ1v) is 29.1. The van der Waals surface area contributed by atoms with Crippen LogP contribution in [0.1, 0.15) is 20.8 Å². The zero-order valence-electron chi connectivity index (χ0n) is 48.3. The number of aliphatic hydroxyl groups excluding tert-OH is 21. The lowest BCUT2D eigenvalue weighted by Crippen LogP contribution is -2.68. The minimum absolute atomic E-state index is 0.365. The highest BCUT2D eigenvalue weighted by Crippen LogP contribution is 2.39. The molecule has 520 valence electrons. The summed E-state index contributed by atoms with van der Waals surface area (Å²) in [6.07, 6.45) is -73.5. The second-order valence-electron chi connectivity index (χ2n) is 23.3. The minimum atomic E-state index is -2.23. The highest BCUT2D eigenvalue weighted by Gasteiger charge is 2.60. The number of aliphatic hydroxyl groups is 21. The molecule has 21 aliphatic rings. The van der Waals surface area contributed by atoms with Gasteiger partial charge in [-0.3, -0.25) is 0 Å². The molecule has 38 heteroatoms. The first kappa shape index (κ1) is 73.3. The van der Waals surface area contributed by atoms with Gasteiger partial charge in [0, 0.05) is 0 Å². The molecule has 0 amide bonds. The smallest absolute Gasteiger partial charge is 0.187 e. The van der Waals surface area contributed by atoms with Gasteiger partial charge in [0.2, 0.25) is 0 Å². The van der Waals surface area contributed by atoms with E-state index in [1.165, 1.54) is 20.8 Å². The first-order chi connectivity index (χ1) is 42.2. The van der Waals surface area contributed by atoms with E-state index in [4.69, 9.17) is 80.5 Å². The molecule has 14 bridgehead atoms. The molecule has 38 unspecified atom stereocenters. The van der Waals surface area contributed by atoms with Gasteiger partial charge in [0.15, 0.2) is 44.0 Å². The minimum Gasteiger partial charge on any atom is -0.394 e. The average Bonchev–Trinajstić information content (AvgIpc) is 1.93. The summed E-state index contributed by atoms with van der Waals surface area (Å²) in [5, 5.41) is 235. The van der Waals surface area contributed by atoms with Crippen molar-refractivity contribution in [2.24, 2.45) is 0 Å². The molecule has 21 fully saturated rings. The zero-order chi connectivity index (χ0) is 65.0. The van der Waals surface area contributed by atoms with Gasteiger partial charge in [0.25, 0.3) is 0 Å². The molecule has 0 spiro atoms. The highest BCUT2D eigenvalue weighted by molar-refractivity contribution is 5.02. The van der Waals surface area contributed by atoms with Crippen molar-refractivity contribution in [2.45, 2.75) is 254 Å². The summed E-state index contributed by atoms with van der Waals surface area (Å²) in [6.45, 7) is -3.10. The average molecular weight is 1310 g/mol. The van der Waals surface area contributed by atoms with Crippen molar-refractivity contribution in [3.8, 4) is 0 Å². The van der Waals surface area contributed by atoms with Gasteiger partial charge in [0.05, 0.1) is 84.4 Å². The van der Waals surface area contributed by atoms with Crippen LogP contribution in [0.15, 0.2) is 0 Å². The summed E-state index contributed by atoms with van der Waals surface area (Å²) in [5.41, 5.74) is 0. The number of rotatable bonds is 16. The Labute approximate surface area is 507 Å². The highest BCUT2D eigenvalue weighted by atomic mass is 16.8. The van der Waals surface area contributed by atoms with Crippen LogP contribution in [0.2, 0.25) is 0 Å². The van der Waals surface area contributed by atoms with Crippen molar-refractivity contribution in [3.63, 3.8) is 0 Å². The largest absolute Gasteiger partial charge is 0.394 e. The van der Waals surface area contributed by atoms with Gasteiger partial charge < -0.3 is 188 Å². The van der Waals surface area contributed by atoms with E-state index in [0.29, 0.717) is 0 Å². The second-order valence-corrected chi connectivity index (χ2v) is 23.3. The molecular formula is C51H88O38. The fourth-order valence-electron chi connectivity index (χ4n) is 11.4. The molecule has 89 heavy (non-hydrogen) atoms.